The molecule has 1 aromatic rings. The SMILES string of the molecule is COC(=O)C1(C)Cc2cc(F)ccc2CN1. The number of ether oxygens (including phenoxy) is 1. The standard InChI is InChI=1S/C12H14FNO2/c1-12(11(15)16-2)6-9-5-10(13)4-3-8(9)7-14-12/h3-5,14H,6-7H2,1-2H3. The number of hydrogen-bond acceptors (Lipinski definition) is 3. The number of rotatable bonds is 1. The van der Waals surface area contributed by atoms with E-state index in [0.717, 1.165) is 11.1 Å². The van der Waals surface area contributed by atoms with Crippen molar-refractivity contribution in [3.63, 3.8) is 0 Å². The third-order valence-electron chi connectivity index (χ3n) is 3.02. The van der Waals surface area contributed by atoms with Crippen LogP contribution in [-0.4, -0.2) is 18.6 Å². The maximum atomic E-state index is 13.1. The number of carbonyl (C=O) groups excluding carboxylic acids is 1. The fourth-order valence-electron chi connectivity index (χ4n) is 2.03. The third kappa shape index (κ3) is 1.80. The molecular formula is C12H14FNO2. The van der Waals surface area contributed by atoms with E-state index >= 15 is 0 Å². The van der Waals surface area contributed by atoms with Crippen molar-refractivity contribution in [3.8, 4) is 0 Å². The minimum absolute atomic E-state index is 0.270. The molecule has 1 aliphatic heterocycles. The Bertz CT molecular complexity index is 433. The monoisotopic (exact) mass is 223 g/mol. The first kappa shape index (κ1) is 11.1. The van der Waals surface area contributed by atoms with Gasteiger partial charge < -0.3 is 4.74 Å². The van der Waals surface area contributed by atoms with Gasteiger partial charge in [0.15, 0.2) is 0 Å². The smallest absolute Gasteiger partial charge is 0.326 e. The van der Waals surface area contributed by atoms with Gasteiger partial charge in [-0.1, -0.05) is 6.07 Å². The molecule has 1 atom stereocenters. The van der Waals surface area contributed by atoms with E-state index in [9.17, 15) is 9.18 Å². The highest BCUT2D eigenvalue weighted by atomic mass is 19.1. The van der Waals surface area contributed by atoms with Crippen LogP contribution in [0.5, 0.6) is 0 Å². The van der Waals surface area contributed by atoms with Crippen LogP contribution in [0.2, 0.25) is 0 Å². The zero-order chi connectivity index (χ0) is 11.8. The van der Waals surface area contributed by atoms with Gasteiger partial charge in [-0.2, -0.15) is 0 Å². The second-order valence-corrected chi connectivity index (χ2v) is 4.27. The first-order chi connectivity index (χ1) is 7.55. The Hall–Kier alpha value is -1.42. The lowest BCUT2D eigenvalue weighted by molar-refractivity contribution is -0.148. The number of benzene rings is 1. The zero-order valence-electron chi connectivity index (χ0n) is 9.34. The van der Waals surface area contributed by atoms with E-state index in [1.165, 1.54) is 19.2 Å². The van der Waals surface area contributed by atoms with Gasteiger partial charge in [0, 0.05) is 13.0 Å². The molecule has 0 saturated carbocycles. The summed E-state index contributed by atoms with van der Waals surface area (Å²) in [7, 11) is 1.36. The van der Waals surface area contributed by atoms with Gasteiger partial charge in [0.05, 0.1) is 7.11 Å². The van der Waals surface area contributed by atoms with Crippen molar-refractivity contribution in [2.24, 2.45) is 0 Å². The summed E-state index contributed by atoms with van der Waals surface area (Å²) in [6, 6.07) is 4.66. The molecule has 0 amide bonds. The number of nitrogens with one attached hydrogen (secondary N) is 1. The molecule has 1 aliphatic rings. The van der Waals surface area contributed by atoms with Crippen molar-refractivity contribution in [1.82, 2.24) is 5.32 Å². The van der Waals surface area contributed by atoms with Crippen LogP contribution in [0.25, 0.3) is 0 Å². The van der Waals surface area contributed by atoms with E-state index in [1.807, 2.05) is 0 Å². The largest absolute Gasteiger partial charge is 0.468 e. The Kier molecular flexibility index (Phi) is 2.68. The van der Waals surface area contributed by atoms with Crippen molar-refractivity contribution in [2.75, 3.05) is 7.11 Å². The van der Waals surface area contributed by atoms with E-state index in [1.54, 1.807) is 13.0 Å². The molecule has 0 spiro atoms. The molecule has 4 heteroatoms. The predicted octanol–water partition coefficient (Wildman–Crippen LogP) is 1.40. The van der Waals surface area contributed by atoms with Gasteiger partial charge in [-0.25, -0.2) is 4.39 Å². The Morgan fingerprint density at radius 1 is 1.50 bits per heavy atom. The number of halogens is 1. The maximum Gasteiger partial charge on any atom is 0.326 e. The molecule has 1 heterocycles. The van der Waals surface area contributed by atoms with Gasteiger partial charge >= 0.3 is 5.97 Å². The summed E-state index contributed by atoms with van der Waals surface area (Å²) < 4.78 is 17.8. The Labute approximate surface area is 93.6 Å². The number of fused-ring (bicyclic) bond motifs is 1. The molecule has 16 heavy (non-hydrogen) atoms. The minimum Gasteiger partial charge on any atom is -0.468 e. The van der Waals surface area contributed by atoms with Crippen molar-refractivity contribution < 1.29 is 13.9 Å². The summed E-state index contributed by atoms with van der Waals surface area (Å²) in [6.45, 7) is 2.33. The predicted molar refractivity (Wildman–Crippen MR) is 57.4 cm³/mol. The van der Waals surface area contributed by atoms with E-state index in [-0.39, 0.29) is 11.8 Å². The molecule has 1 aromatic carbocycles. The van der Waals surface area contributed by atoms with E-state index in [0.29, 0.717) is 13.0 Å². The van der Waals surface area contributed by atoms with Crippen molar-refractivity contribution >= 4 is 5.97 Å². The summed E-state index contributed by atoms with van der Waals surface area (Å²) in [6.07, 6.45) is 0.451. The maximum absolute atomic E-state index is 13.1. The summed E-state index contributed by atoms with van der Waals surface area (Å²) in [5.74, 6) is -0.588. The third-order valence-corrected chi connectivity index (χ3v) is 3.02. The fraction of sp³-hybridized carbons (Fsp3) is 0.417. The van der Waals surface area contributed by atoms with Crippen LogP contribution in [0, 0.1) is 5.82 Å². The van der Waals surface area contributed by atoms with Gasteiger partial charge in [0.25, 0.3) is 0 Å². The molecule has 1 unspecified atom stereocenters. The molecule has 0 aliphatic carbocycles. The minimum atomic E-state index is -0.754. The molecule has 3 nitrogen and oxygen atoms in total. The molecule has 0 bridgehead atoms. The van der Waals surface area contributed by atoms with E-state index in [4.69, 9.17) is 4.74 Å². The Morgan fingerprint density at radius 2 is 2.25 bits per heavy atom. The lowest BCUT2D eigenvalue weighted by atomic mass is 9.86. The van der Waals surface area contributed by atoms with Gasteiger partial charge in [-0.05, 0) is 30.2 Å². The Morgan fingerprint density at radius 3 is 2.94 bits per heavy atom. The van der Waals surface area contributed by atoms with Crippen molar-refractivity contribution in [2.45, 2.75) is 25.4 Å². The number of esters is 1. The summed E-state index contributed by atoms with van der Waals surface area (Å²) in [5, 5.41) is 3.12. The highest BCUT2D eigenvalue weighted by Crippen LogP contribution is 2.24. The number of methoxy groups -OCH3 is 1. The molecule has 2 rings (SSSR count). The van der Waals surface area contributed by atoms with Crippen LogP contribution < -0.4 is 5.32 Å². The lowest BCUT2D eigenvalue weighted by Crippen LogP contribution is -2.54. The zero-order valence-corrected chi connectivity index (χ0v) is 9.34. The van der Waals surface area contributed by atoms with Crippen molar-refractivity contribution in [1.29, 1.82) is 0 Å². The average Bonchev–Trinajstić information content (AvgIpc) is 2.27. The summed E-state index contributed by atoms with van der Waals surface area (Å²) in [5.41, 5.74) is 1.14. The second kappa shape index (κ2) is 3.87. The van der Waals surface area contributed by atoms with Crippen LogP contribution >= 0.6 is 0 Å². The molecule has 0 fully saturated rings. The van der Waals surface area contributed by atoms with Crippen LogP contribution in [0.4, 0.5) is 4.39 Å². The number of carbonyl (C=O) groups is 1. The van der Waals surface area contributed by atoms with E-state index in [2.05, 4.69) is 5.32 Å². The highest BCUT2D eigenvalue weighted by Gasteiger charge is 2.37. The van der Waals surface area contributed by atoms with Gasteiger partial charge in [-0.3, -0.25) is 10.1 Å². The lowest BCUT2D eigenvalue weighted by Gasteiger charge is -2.33. The van der Waals surface area contributed by atoms with Crippen LogP contribution in [0.3, 0.4) is 0 Å². The Balaban J connectivity index is 2.32. The second-order valence-electron chi connectivity index (χ2n) is 4.27. The first-order valence-corrected chi connectivity index (χ1v) is 5.16. The molecule has 1 N–H and O–H groups in total. The first-order valence-electron chi connectivity index (χ1n) is 5.16. The normalized spacial score (nSPS) is 23.7. The molecule has 0 radical (unpaired) electrons. The molecule has 0 saturated heterocycles. The number of hydrogen-bond donors (Lipinski definition) is 1. The van der Waals surface area contributed by atoms with E-state index < -0.39 is 5.54 Å². The van der Waals surface area contributed by atoms with Gasteiger partial charge in [0.2, 0.25) is 0 Å². The molecular weight excluding hydrogens is 209 g/mol. The van der Waals surface area contributed by atoms with Gasteiger partial charge in [-0.15, -0.1) is 0 Å². The summed E-state index contributed by atoms with van der Waals surface area (Å²) in [4.78, 5) is 11.6. The topological polar surface area (TPSA) is 38.3 Å². The van der Waals surface area contributed by atoms with Crippen LogP contribution in [0.15, 0.2) is 18.2 Å². The van der Waals surface area contributed by atoms with Crippen molar-refractivity contribution in [3.05, 3.63) is 35.1 Å². The fourth-order valence-corrected chi connectivity index (χ4v) is 2.03. The quantitative estimate of drug-likeness (QED) is 0.731. The average molecular weight is 223 g/mol. The highest BCUT2D eigenvalue weighted by molar-refractivity contribution is 5.81. The van der Waals surface area contributed by atoms with Gasteiger partial charge in [0.1, 0.15) is 11.4 Å². The molecule has 0 aromatic heterocycles. The van der Waals surface area contributed by atoms with Crippen LogP contribution in [-0.2, 0) is 22.5 Å². The summed E-state index contributed by atoms with van der Waals surface area (Å²) >= 11 is 0. The molecule has 86 valence electrons. The van der Waals surface area contributed by atoms with Crippen LogP contribution in [0.1, 0.15) is 18.1 Å².